The molecular weight excluding hydrogens is 292 g/mol. The summed E-state index contributed by atoms with van der Waals surface area (Å²) in [5, 5.41) is 2.48. The van der Waals surface area contributed by atoms with E-state index in [9.17, 15) is 0 Å². The number of nitrogens with zero attached hydrogens (tertiary/aromatic N) is 2. The summed E-state index contributed by atoms with van der Waals surface area (Å²) in [7, 11) is 0. The van der Waals surface area contributed by atoms with E-state index in [4.69, 9.17) is 0 Å². The van der Waals surface area contributed by atoms with E-state index in [0.29, 0.717) is 0 Å². The molecule has 24 heavy (non-hydrogen) atoms. The van der Waals surface area contributed by atoms with Gasteiger partial charge in [-0.15, -0.1) is 0 Å². The minimum atomic E-state index is 0.997. The van der Waals surface area contributed by atoms with E-state index in [1.54, 1.807) is 0 Å². The standard InChI is InChI=1S/C22H22N2/c1-17-14-22(24-12-4-5-13-24)11-9-20(17)16-23-21-10-8-18-6-2-3-7-19(18)15-21/h2-3,6-11,14-16H,4-5,12-13H2,1H3. The van der Waals surface area contributed by atoms with Crippen LogP contribution in [-0.2, 0) is 0 Å². The molecule has 0 atom stereocenters. The van der Waals surface area contributed by atoms with Crippen LogP contribution in [-0.4, -0.2) is 19.3 Å². The third-order valence-corrected chi connectivity index (χ3v) is 4.81. The summed E-state index contributed by atoms with van der Waals surface area (Å²) >= 11 is 0. The summed E-state index contributed by atoms with van der Waals surface area (Å²) in [4.78, 5) is 7.15. The summed E-state index contributed by atoms with van der Waals surface area (Å²) in [5.41, 5.74) is 4.81. The van der Waals surface area contributed by atoms with Crippen LogP contribution in [0, 0.1) is 6.92 Å². The monoisotopic (exact) mass is 314 g/mol. The largest absolute Gasteiger partial charge is 0.372 e. The van der Waals surface area contributed by atoms with E-state index < -0.39 is 0 Å². The zero-order valence-electron chi connectivity index (χ0n) is 14.1. The van der Waals surface area contributed by atoms with E-state index in [1.165, 1.54) is 53.5 Å². The van der Waals surface area contributed by atoms with Gasteiger partial charge in [-0.3, -0.25) is 4.99 Å². The van der Waals surface area contributed by atoms with Crippen molar-refractivity contribution >= 4 is 28.4 Å². The fourth-order valence-corrected chi connectivity index (χ4v) is 3.38. The lowest BCUT2D eigenvalue weighted by Gasteiger charge is -2.18. The molecule has 4 rings (SSSR count). The Labute approximate surface area is 143 Å². The number of aryl methyl sites for hydroxylation is 1. The number of fused-ring (bicyclic) bond motifs is 1. The maximum Gasteiger partial charge on any atom is 0.0636 e. The Balaban J connectivity index is 1.58. The number of benzene rings is 3. The van der Waals surface area contributed by atoms with Crippen LogP contribution in [0.25, 0.3) is 10.8 Å². The van der Waals surface area contributed by atoms with Crippen LogP contribution in [0.5, 0.6) is 0 Å². The fourth-order valence-electron chi connectivity index (χ4n) is 3.38. The average Bonchev–Trinajstić information content (AvgIpc) is 3.15. The smallest absolute Gasteiger partial charge is 0.0636 e. The Morgan fingerprint density at radius 2 is 1.67 bits per heavy atom. The van der Waals surface area contributed by atoms with Crippen LogP contribution in [0.2, 0.25) is 0 Å². The fraction of sp³-hybridized carbons (Fsp3) is 0.227. The van der Waals surface area contributed by atoms with E-state index in [2.05, 4.69) is 77.5 Å². The lowest BCUT2D eigenvalue weighted by Crippen LogP contribution is -2.17. The average molecular weight is 314 g/mol. The molecule has 0 amide bonds. The van der Waals surface area contributed by atoms with Crippen LogP contribution < -0.4 is 4.90 Å². The first-order chi connectivity index (χ1) is 11.8. The maximum absolute atomic E-state index is 4.68. The van der Waals surface area contributed by atoms with Gasteiger partial charge < -0.3 is 4.90 Å². The van der Waals surface area contributed by atoms with Gasteiger partial charge in [-0.25, -0.2) is 0 Å². The number of hydrogen-bond acceptors (Lipinski definition) is 2. The number of aliphatic imine (C=N–C) groups is 1. The van der Waals surface area contributed by atoms with Gasteiger partial charge >= 0.3 is 0 Å². The lowest BCUT2D eigenvalue weighted by atomic mass is 10.1. The third kappa shape index (κ3) is 3.05. The predicted molar refractivity (Wildman–Crippen MR) is 104 cm³/mol. The molecule has 0 aliphatic carbocycles. The van der Waals surface area contributed by atoms with Gasteiger partial charge in [-0.1, -0.05) is 36.4 Å². The van der Waals surface area contributed by atoms with Crippen molar-refractivity contribution in [3.05, 3.63) is 71.8 Å². The molecular formula is C22H22N2. The van der Waals surface area contributed by atoms with Gasteiger partial charge in [0.2, 0.25) is 0 Å². The van der Waals surface area contributed by atoms with Crippen LogP contribution in [0.1, 0.15) is 24.0 Å². The summed E-state index contributed by atoms with van der Waals surface area (Å²) in [6.07, 6.45) is 4.60. The molecule has 2 nitrogen and oxygen atoms in total. The van der Waals surface area contributed by atoms with Crippen LogP contribution >= 0.6 is 0 Å². The molecule has 1 fully saturated rings. The van der Waals surface area contributed by atoms with Gasteiger partial charge in [0.05, 0.1) is 5.69 Å². The highest BCUT2D eigenvalue weighted by atomic mass is 15.1. The zero-order chi connectivity index (χ0) is 16.4. The van der Waals surface area contributed by atoms with Gasteiger partial charge in [0.15, 0.2) is 0 Å². The molecule has 0 radical (unpaired) electrons. The summed E-state index contributed by atoms with van der Waals surface area (Å²) in [6.45, 7) is 4.54. The van der Waals surface area contributed by atoms with Gasteiger partial charge in [0, 0.05) is 25.0 Å². The summed E-state index contributed by atoms with van der Waals surface area (Å²) in [6, 6.07) is 21.4. The molecule has 120 valence electrons. The Morgan fingerprint density at radius 1 is 0.875 bits per heavy atom. The SMILES string of the molecule is Cc1cc(N2CCCC2)ccc1C=Nc1ccc2ccccc2c1. The number of hydrogen-bond donors (Lipinski definition) is 0. The Kier molecular flexibility index (Phi) is 4.04. The van der Waals surface area contributed by atoms with Crippen molar-refractivity contribution in [3.63, 3.8) is 0 Å². The molecule has 3 aromatic carbocycles. The summed E-state index contributed by atoms with van der Waals surface area (Å²) in [5.74, 6) is 0. The minimum Gasteiger partial charge on any atom is -0.372 e. The van der Waals surface area contributed by atoms with Crippen molar-refractivity contribution in [2.24, 2.45) is 4.99 Å². The second-order valence-corrected chi connectivity index (χ2v) is 6.52. The molecule has 3 aromatic rings. The molecule has 0 N–H and O–H groups in total. The van der Waals surface area contributed by atoms with Crippen molar-refractivity contribution in [2.45, 2.75) is 19.8 Å². The van der Waals surface area contributed by atoms with E-state index in [1.807, 2.05) is 6.21 Å². The first-order valence-electron chi connectivity index (χ1n) is 8.68. The molecule has 1 aliphatic heterocycles. The highest BCUT2D eigenvalue weighted by Crippen LogP contribution is 2.24. The molecule has 0 bridgehead atoms. The van der Waals surface area contributed by atoms with E-state index in [0.717, 1.165) is 5.69 Å². The molecule has 1 aliphatic rings. The zero-order valence-corrected chi connectivity index (χ0v) is 14.1. The Bertz CT molecular complexity index is 889. The van der Waals surface area contributed by atoms with Crippen LogP contribution in [0.15, 0.2) is 65.7 Å². The van der Waals surface area contributed by atoms with Gasteiger partial charge in [-0.05, 0) is 65.9 Å². The maximum atomic E-state index is 4.68. The molecule has 0 unspecified atom stereocenters. The minimum absolute atomic E-state index is 0.997. The van der Waals surface area contributed by atoms with Crippen LogP contribution in [0.4, 0.5) is 11.4 Å². The Morgan fingerprint density at radius 3 is 2.46 bits per heavy atom. The molecule has 2 heteroatoms. The third-order valence-electron chi connectivity index (χ3n) is 4.81. The van der Waals surface area contributed by atoms with Crippen molar-refractivity contribution < 1.29 is 0 Å². The summed E-state index contributed by atoms with van der Waals surface area (Å²) < 4.78 is 0. The van der Waals surface area contributed by atoms with Gasteiger partial charge in [-0.2, -0.15) is 0 Å². The van der Waals surface area contributed by atoms with Gasteiger partial charge in [0.1, 0.15) is 0 Å². The molecule has 1 heterocycles. The topological polar surface area (TPSA) is 15.6 Å². The molecule has 1 saturated heterocycles. The number of rotatable bonds is 3. The van der Waals surface area contributed by atoms with Crippen molar-refractivity contribution in [1.82, 2.24) is 0 Å². The first-order valence-corrected chi connectivity index (χ1v) is 8.68. The quantitative estimate of drug-likeness (QED) is 0.583. The van der Waals surface area contributed by atoms with Crippen molar-refractivity contribution in [1.29, 1.82) is 0 Å². The first kappa shape index (κ1) is 14.9. The second kappa shape index (κ2) is 6.48. The van der Waals surface area contributed by atoms with Crippen LogP contribution in [0.3, 0.4) is 0 Å². The normalized spacial score (nSPS) is 14.8. The predicted octanol–water partition coefficient (Wildman–Crippen LogP) is 5.50. The van der Waals surface area contributed by atoms with E-state index in [-0.39, 0.29) is 0 Å². The molecule has 0 saturated carbocycles. The highest BCUT2D eigenvalue weighted by Gasteiger charge is 2.12. The lowest BCUT2D eigenvalue weighted by molar-refractivity contribution is 0.949. The Hall–Kier alpha value is -2.61. The highest BCUT2D eigenvalue weighted by molar-refractivity contribution is 5.88. The van der Waals surface area contributed by atoms with Crippen molar-refractivity contribution in [3.8, 4) is 0 Å². The second-order valence-electron chi connectivity index (χ2n) is 6.52. The number of anilines is 1. The van der Waals surface area contributed by atoms with Crippen molar-refractivity contribution in [2.75, 3.05) is 18.0 Å². The molecule has 0 spiro atoms. The van der Waals surface area contributed by atoms with E-state index >= 15 is 0 Å². The van der Waals surface area contributed by atoms with Gasteiger partial charge in [0.25, 0.3) is 0 Å². The molecule has 0 aromatic heterocycles.